The maximum atomic E-state index is 12.1. The maximum absolute atomic E-state index is 12.1. The quantitative estimate of drug-likeness (QED) is 0.469. The first-order valence-corrected chi connectivity index (χ1v) is 6.15. The second-order valence-corrected chi connectivity index (χ2v) is 4.21. The van der Waals surface area contributed by atoms with Crippen LogP contribution in [0.2, 0.25) is 0 Å². The molecule has 0 heterocycles. The molecule has 6 heteroatoms. The van der Waals surface area contributed by atoms with Crippen molar-refractivity contribution >= 4 is 23.2 Å². The van der Waals surface area contributed by atoms with Gasteiger partial charge in [-0.25, -0.2) is 0 Å². The van der Waals surface area contributed by atoms with E-state index in [9.17, 15) is 14.9 Å². The fraction of sp³-hybridized carbons (Fsp3) is 0.417. The van der Waals surface area contributed by atoms with Crippen LogP contribution in [0.1, 0.15) is 22.8 Å². The molecule has 18 heavy (non-hydrogen) atoms. The zero-order valence-electron chi connectivity index (χ0n) is 10.4. The smallest absolute Gasteiger partial charge is 0.272 e. The Balaban J connectivity index is 3.00. The van der Waals surface area contributed by atoms with Crippen LogP contribution in [0, 0.1) is 17.0 Å². The molecule has 0 spiro atoms. The van der Waals surface area contributed by atoms with Gasteiger partial charge in [0.2, 0.25) is 0 Å². The summed E-state index contributed by atoms with van der Waals surface area (Å²) < 4.78 is 0. The minimum absolute atomic E-state index is 0.0203. The average Bonchev–Trinajstić information content (AvgIpc) is 2.34. The Morgan fingerprint density at radius 2 is 2.17 bits per heavy atom. The van der Waals surface area contributed by atoms with E-state index in [1.165, 1.54) is 18.2 Å². The van der Waals surface area contributed by atoms with Crippen LogP contribution < -0.4 is 0 Å². The molecule has 98 valence electrons. The summed E-state index contributed by atoms with van der Waals surface area (Å²) in [5.74, 6) is 0.210. The number of amides is 1. The van der Waals surface area contributed by atoms with Crippen molar-refractivity contribution in [2.45, 2.75) is 13.8 Å². The van der Waals surface area contributed by atoms with Gasteiger partial charge in [-0.1, -0.05) is 0 Å². The van der Waals surface area contributed by atoms with Crippen LogP contribution in [0.3, 0.4) is 0 Å². The van der Waals surface area contributed by atoms with Crippen LogP contribution in [0.5, 0.6) is 0 Å². The monoisotopic (exact) mass is 270 g/mol. The van der Waals surface area contributed by atoms with Crippen LogP contribution in [0.25, 0.3) is 0 Å². The van der Waals surface area contributed by atoms with Crippen LogP contribution in [0.4, 0.5) is 5.69 Å². The van der Waals surface area contributed by atoms with Gasteiger partial charge < -0.3 is 4.90 Å². The van der Waals surface area contributed by atoms with Crippen molar-refractivity contribution in [2.24, 2.45) is 0 Å². The molecule has 0 aliphatic carbocycles. The van der Waals surface area contributed by atoms with Crippen molar-refractivity contribution in [3.63, 3.8) is 0 Å². The first-order chi connectivity index (χ1) is 8.51. The van der Waals surface area contributed by atoms with Gasteiger partial charge >= 0.3 is 0 Å². The molecular weight excluding hydrogens is 256 g/mol. The molecule has 0 radical (unpaired) electrons. The third-order valence-electron chi connectivity index (χ3n) is 2.66. The Labute approximate surface area is 110 Å². The Morgan fingerprint density at radius 1 is 1.50 bits per heavy atom. The molecule has 0 unspecified atom stereocenters. The molecule has 0 saturated heterocycles. The minimum Gasteiger partial charge on any atom is -0.338 e. The van der Waals surface area contributed by atoms with Crippen LogP contribution in [0.15, 0.2) is 18.2 Å². The molecule has 0 aliphatic rings. The zero-order valence-corrected chi connectivity index (χ0v) is 11.1. The summed E-state index contributed by atoms with van der Waals surface area (Å²) in [4.78, 5) is 23.9. The van der Waals surface area contributed by atoms with Gasteiger partial charge in [0.1, 0.15) is 0 Å². The fourth-order valence-electron chi connectivity index (χ4n) is 1.68. The van der Waals surface area contributed by atoms with E-state index in [4.69, 9.17) is 11.6 Å². The number of nitro groups is 1. The second-order valence-electron chi connectivity index (χ2n) is 3.83. The lowest BCUT2D eigenvalue weighted by molar-refractivity contribution is -0.385. The molecule has 0 aliphatic heterocycles. The normalized spacial score (nSPS) is 10.2. The largest absolute Gasteiger partial charge is 0.338 e. The SMILES string of the molecule is CCN(CCCl)C(=O)c1ccc([N+](=O)[O-])c(C)c1. The first-order valence-electron chi connectivity index (χ1n) is 5.61. The maximum Gasteiger partial charge on any atom is 0.272 e. The summed E-state index contributed by atoms with van der Waals surface area (Å²) in [7, 11) is 0. The van der Waals surface area contributed by atoms with Crippen molar-refractivity contribution in [3.8, 4) is 0 Å². The third kappa shape index (κ3) is 3.20. The number of benzene rings is 1. The molecule has 1 aromatic rings. The predicted octanol–water partition coefficient (Wildman–Crippen LogP) is 2.60. The number of hydrogen-bond acceptors (Lipinski definition) is 3. The lowest BCUT2D eigenvalue weighted by atomic mass is 10.1. The third-order valence-corrected chi connectivity index (χ3v) is 2.83. The molecule has 1 amide bonds. The lowest BCUT2D eigenvalue weighted by Crippen LogP contribution is -2.32. The van der Waals surface area contributed by atoms with E-state index in [-0.39, 0.29) is 11.6 Å². The van der Waals surface area contributed by atoms with E-state index in [1.54, 1.807) is 11.8 Å². The van der Waals surface area contributed by atoms with Crippen molar-refractivity contribution in [3.05, 3.63) is 39.4 Å². The van der Waals surface area contributed by atoms with Crippen molar-refractivity contribution in [2.75, 3.05) is 19.0 Å². The molecular formula is C12H15ClN2O3. The van der Waals surface area contributed by atoms with Crippen LogP contribution >= 0.6 is 11.6 Å². The number of carbonyl (C=O) groups is 1. The number of alkyl halides is 1. The summed E-state index contributed by atoms with van der Waals surface area (Å²) in [6.07, 6.45) is 0. The Kier molecular flexibility index (Phi) is 5.09. The van der Waals surface area contributed by atoms with Crippen molar-refractivity contribution in [1.29, 1.82) is 0 Å². The zero-order chi connectivity index (χ0) is 13.7. The van der Waals surface area contributed by atoms with Crippen LogP contribution in [-0.2, 0) is 0 Å². The molecule has 0 atom stereocenters. The summed E-state index contributed by atoms with van der Waals surface area (Å²) >= 11 is 5.62. The standard InChI is InChI=1S/C12H15ClN2O3/c1-3-14(7-6-13)12(16)10-4-5-11(15(17)18)9(2)8-10/h4-5,8H,3,6-7H2,1-2H3. The Bertz CT molecular complexity index is 463. The van der Waals surface area contributed by atoms with E-state index in [0.29, 0.717) is 30.1 Å². The van der Waals surface area contributed by atoms with E-state index in [2.05, 4.69) is 0 Å². The van der Waals surface area contributed by atoms with Gasteiger partial charge in [0.25, 0.3) is 11.6 Å². The average molecular weight is 271 g/mol. The summed E-state index contributed by atoms with van der Waals surface area (Å²) in [6, 6.07) is 4.37. The van der Waals surface area contributed by atoms with Gasteiger partial charge in [-0.15, -0.1) is 11.6 Å². The number of nitrogens with zero attached hydrogens (tertiary/aromatic N) is 2. The molecule has 0 N–H and O–H groups in total. The van der Waals surface area contributed by atoms with E-state index in [1.807, 2.05) is 6.92 Å². The predicted molar refractivity (Wildman–Crippen MR) is 70.1 cm³/mol. The van der Waals surface area contributed by atoms with Crippen LogP contribution in [-0.4, -0.2) is 34.7 Å². The molecule has 5 nitrogen and oxygen atoms in total. The van der Waals surface area contributed by atoms with Gasteiger partial charge in [0.05, 0.1) is 4.92 Å². The number of aryl methyl sites for hydroxylation is 1. The highest BCUT2D eigenvalue weighted by molar-refractivity contribution is 6.18. The Hall–Kier alpha value is -1.62. The molecule has 0 saturated carbocycles. The number of carbonyl (C=O) groups excluding carboxylic acids is 1. The molecule has 0 bridgehead atoms. The highest BCUT2D eigenvalue weighted by Crippen LogP contribution is 2.19. The van der Waals surface area contributed by atoms with Gasteiger partial charge in [0.15, 0.2) is 0 Å². The lowest BCUT2D eigenvalue weighted by Gasteiger charge is -2.19. The van der Waals surface area contributed by atoms with E-state index >= 15 is 0 Å². The molecule has 0 aromatic heterocycles. The fourth-order valence-corrected chi connectivity index (χ4v) is 1.89. The van der Waals surface area contributed by atoms with Crippen molar-refractivity contribution in [1.82, 2.24) is 4.90 Å². The molecule has 0 fully saturated rings. The summed E-state index contributed by atoms with van der Waals surface area (Å²) in [6.45, 7) is 4.50. The van der Waals surface area contributed by atoms with Gasteiger partial charge in [-0.05, 0) is 26.0 Å². The molecule has 1 aromatic carbocycles. The van der Waals surface area contributed by atoms with Gasteiger partial charge in [-0.3, -0.25) is 14.9 Å². The first kappa shape index (κ1) is 14.4. The number of hydrogen-bond donors (Lipinski definition) is 0. The molecule has 1 rings (SSSR count). The van der Waals surface area contributed by atoms with Crippen molar-refractivity contribution < 1.29 is 9.72 Å². The second kappa shape index (κ2) is 6.35. The Morgan fingerprint density at radius 3 is 2.61 bits per heavy atom. The number of rotatable bonds is 5. The summed E-state index contributed by atoms with van der Waals surface area (Å²) in [5, 5.41) is 10.7. The van der Waals surface area contributed by atoms with Gasteiger partial charge in [0, 0.05) is 36.2 Å². The van der Waals surface area contributed by atoms with E-state index < -0.39 is 4.92 Å². The highest BCUT2D eigenvalue weighted by atomic mass is 35.5. The van der Waals surface area contributed by atoms with E-state index in [0.717, 1.165) is 0 Å². The highest BCUT2D eigenvalue weighted by Gasteiger charge is 2.17. The number of nitro benzene ring substituents is 1. The topological polar surface area (TPSA) is 63.5 Å². The minimum atomic E-state index is -0.458. The van der Waals surface area contributed by atoms with Gasteiger partial charge in [-0.2, -0.15) is 0 Å². The summed E-state index contributed by atoms with van der Waals surface area (Å²) in [5.41, 5.74) is 0.949. The number of halogens is 1.